The number of aromatic nitrogens is 1. The summed E-state index contributed by atoms with van der Waals surface area (Å²) in [5.74, 6) is -0.323. The summed E-state index contributed by atoms with van der Waals surface area (Å²) >= 11 is 1.28. The Bertz CT molecular complexity index is 829. The highest BCUT2D eigenvalue weighted by Crippen LogP contribution is 2.40. The molecule has 2 aliphatic rings. The van der Waals surface area contributed by atoms with E-state index in [1.807, 2.05) is 19.1 Å². The van der Waals surface area contributed by atoms with Crippen LogP contribution in [0, 0.1) is 0 Å². The van der Waals surface area contributed by atoms with E-state index in [1.165, 1.54) is 11.3 Å². The number of hydrogen-bond donors (Lipinski definition) is 3. The first kappa shape index (κ1) is 15.2. The molecule has 4 rings (SSSR count). The fourth-order valence-corrected chi connectivity index (χ4v) is 3.96. The number of ether oxygens (including phenoxy) is 1. The molecule has 1 saturated heterocycles. The van der Waals surface area contributed by atoms with Crippen molar-refractivity contribution in [2.24, 2.45) is 0 Å². The summed E-state index contributed by atoms with van der Waals surface area (Å²) in [7, 11) is 0. The van der Waals surface area contributed by atoms with Crippen LogP contribution in [-0.4, -0.2) is 29.1 Å². The van der Waals surface area contributed by atoms with Crippen LogP contribution in [0.4, 0.5) is 5.00 Å². The molecule has 7 heteroatoms. The largest absolute Gasteiger partial charge is 0.362 e. The Morgan fingerprint density at radius 2 is 2.38 bits per heavy atom. The van der Waals surface area contributed by atoms with Gasteiger partial charge in [0.15, 0.2) is 0 Å². The Kier molecular flexibility index (Phi) is 3.54. The highest BCUT2D eigenvalue weighted by atomic mass is 32.1. The molecule has 0 spiro atoms. The van der Waals surface area contributed by atoms with Crippen molar-refractivity contribution in [3.8, 4) is 0 Å². The number of nitrogens with one attached hydrogen (secondary N) is 3. The van der Waals surface area contributed by atoms with Gasteiger partial charge in [0.25, 0.3) is 11.8 Å². The van der Waals surface area contributed by atoms with E-state index in [4.69, 9.17) is 4.74 Å². The van der Waals surface area contributed by atoms with Crippen LogP contribution in [-0.2, 0) is 9.53 Å². The molecule has 0 aliphatic carbocycles. The van der Waals surface area contributed by atoms with E-state index in [1.54, 1.807) is 18.3 Å². The molecule has 0 saturated carbocycles. The summed E-state index contributed by atoms with van der Waals surface area (Å²) in [5.41, 5.74) is 1.57. The highest BCUT2D eigenvalue weighted by molar-refractivity contribution is 7.18. The van der Waals surface area contributed by atoms with E-state index in [2.05, 4.69) is 15.6 Å². The molecule has 124 valence electrons. The first-order valence-corrected chi connectivity index (χ1v) is 8.63. The molecular formula is C17H17N3O3S. The number of aromatic amines is 1. The topological polar surface area (TPSA) is 83.2 Å². The maximum absolute atomic E-state index is 12.5. The number of anilines is 1. The lowest BCUT2D eigenvalue weighted by atomic mass is 10.1. The van der Waals surface area contributed by atoms with Crippen molar-refractivity contribution < 1.29 is 14.3 Å². The van der Waals surface area contributed by atoms with Gasteiger partial charge in [-0.25, -0.2) is 0 Å². The Hall–Kier alpha value is -2.38. The molecule has 0 bridgehead atoms. The minimum atomic E-state index is -0.600. The van der Waals surface area contributed by atoms with Crippen LogP contribution in [0.5, 0.6) is 0 Å². The predicted molar refractivity (Wildman–Crippen MR) is 92.7 cm³/mol. The van der Waals surface area contributed by atoms with Gasteiger partial charge >= 0.3 is 0 Å². The second-order valence-electron chi connectivity index (χ2n) is 6.13. The third kappa shape index (κ3) is 2.65. The Labute approximate surface area is 142 Å². The van der Waals surface area contributed by atoms with E-state index in [-0.39, 0.29) is 11.8 Å². The van der Waals surface area contributed by atoms with Gasteiger partial charge in [0.1, 0.15) is 10.7 Å². The average Bonchev–Trinajstić information content (AvgIpc) is 3.27. The molecule has 6 nitrogen and oxygen atoms in total. The number of hydrogen-bond acceptors (Lipinski definition) is 4. The number of rotatable bonds is 3. The van der Waals surface area contributed by atoms with Crippen molar-refractivity contribution >= 4 is 39.8 Å². The second kappa shape index (κ2) is 5.61. The van der Waals surface area contributed by atoms with E-state index in [0.717, 1.165) is 24.1 Å². The molecule has 2 aromatic heterocycles. The molecule has 1 fully saturated rings. The lowest BCUT2D eigenvalue weighted by molar-refractivity contribution is -0.110. The van der Waals surface area contributed by atoms with Crippen LogP contribution in [0.3, 0.4) is 0 Å². The standard InChI is InChI=1S/C17H17N3O3S/c1-17(5-3-7-23-17)20-15(22)13-9-12-11(8-10-4-2-6-18-10)14(21)19-16(12)24-13/h2,4,6,8-9,18H,3,5,7H2,1H3,(H,19,21)(H,20,22). The smallest absolute Gasteiger partial charge is 0.263 e. The first-order valence-electron chi connectivity index (χ1n) is 7.81. The van der Waals surface area contributed by atoms with E-state index in [9.17, 15) is 9.59 Å². The summed E-state index contributed by atoms with van der Waals surface area (Å²) < 4.78 is 5.61. The molecule has 0 radical (unpaired) electrons. The lowest BCUT2D eigenvalue weighted by Crippen LogP contribution is -2.45. The van der Waals surface area contributed by atoms with Crippen LogP contribution in [0.1, 0.15) is 40.7 Å². The third-order valence-corrected chi connectivity index (χ3v) is 5.29. The van der Waals surface area contributed by atoms with Gasteiger partial charge in [0.2, 0.25) is 0 Å². The summed E-state index contributed by atoms with van der Waals surface area (Å²) in [6, 6.07) is 5.52. The summed E-state index contributed by atoms with van der Waals surface area (Å²) in [5, 5.41) is 6.48. The number of thiophene rings is 1. The average molecular weight is 343 g/mol. The van der Waals surface area contributed by atoms with Crippen LogP contribution in [0.15, 0.2) is 24.4 Å². The molecular weight excluding hydrogens is 326 g/mol. The number of fused-ring (bicyclic) bond motifs is 1. The van der Waals surface area contributed by atoms with Gasteiger partial charge in [-0.15, -0.1) is 11.3 Å². The third-order valence-electron chi connectivity index (χ3n) is 4.24. The predicted octanol–water partition coefficient (Wildman–Crippen LogP) is 2.83. The van der Waals surface area contributed by atoms with Gasteiger partial charge in [-0.05, 0) is 44.0 Å². The van der Waals surface area contributed by atoms with Crippen molar-refractivity contribution in [1.29, 1.82) is 0 Å². The van der Waals surface area contributed by atoms with E-state index < -0.39 is 5.72 Å². The van der Waals surface area contributed by atoms with Crippen molar-refractivity contribution in [1.82, 2.24) is 10.3 Å². The number of carbonyl (C=O) groups is 2. The first-order chi connectivity index (χ1) is 11.5. The molecule has 2 aliphatic heterocycles. The van der Waals surface area contributed by atoms with Gasteiger partial charge in [-0.1, -0.05) is 0 Å². The fourth-order valence-electron chi connectivity index (χ4n) is 3.00. The Morgan fingerprint density at radius 1 is 1.50 bits per heavy atom. The quantitative estimate of drug-likeness (QED) is 0.750. The normalized spacial score (nSPS) is 24.2. The zero-order chi connectivity index (χ0) is 16.7. The molecule has 1 atom stereocenters. The number of amides is 2. The minimum absolute atomic E-state index is 0.149. The molecule has 0 aromatic carbocycles. The van der Waals surface area contributed by atoms with E-state index in [0.29, 0.717) is 22.1 Å². The van der Waals surface area contributed by atoms with Crippen molar-refractivity contribution in [2.45, 2.75) is 25.5 Å². The van der Waals surface area contributed by atoms with E-state index >= 15 is 0 Å². The Balaban J connectivity index is 1.60. The van der Waals surface area contributed by atoms with Gasteiger partial charge in [0.05, 0.1) is 10.5 Å². The summed E-state index contributed by atoms with van der Waals surface area (Å²) in [6.07, 6.45) is 5.33. The van der Waals surface area contributed by atoms with Crippen molar-refractivity contribution in [3.63, 3.8) is 0 Å². The molecule has 2 amide bonds. The fraction of sp³-hybridized carbons (Fsp3) is 0.294. The van der Waals surface area contributed by atoms with Gasteiger partial charge in [-0.2, -0.15) is 0 Å². The van der Waals surface area contributed by atoms with Crippen molar-refractivity contribution in [3.05, 3.63) is 40.5 Å². The van der Waals surface area contributed by atoms with Crippen LogP contribution in [0.2, 0.25) is 0 Å². The minimum Gasteiger partial charge on any atom is -0.362 e. The molecule has 2 aromatic rings. The molecule has 3 N–H and O–H groups in total. The van der Waals surface area contributed by atoms with Gasteiger partial charge < -0.3 is 20.4 Å². The van der Waals surface area contributed by atoms with Crippen LogP contribution >= 0.6 is 11.3 Å². The Morgan fingerprint density at radius 3 is 3.08 bits per heavy atom. The summed E-state index contributed by atoms with van der Waals surface area (Å²) in [6.45, 7) is 2.55. The van der Waals surface area contributed by atoms with Crippen LogP contribution < -0.4 is 10.6 Å². The number of carbonyl (C=O) groups excluding carboxylic acids is 2. The maximum atomic E-state index is 12.5. The molecule has 4 heterocycles. The maximum Gasteiger partial charge on any atom is 0.263 e. The SMILES string of the molecule is CC1(NC(=O)c2cc3c(s2)NC(=O)C3=Cc2ccc[nH]2)CCCO1. The monoisotopic (exact) mass is 343 g/mol. The second-order valence-corrected chi connectivity index (χ2v) is 7.18. The molecule has 24 heavy (non-hydrogen) atoms. The van der Waals surface area contributed by atoms with Gasteiger partial charge in [-0.3, -0.25) is 9.59 Å². The highest BCUT2D eigenvalue weighted by Gasteiger charge is 2.34. The van der Waals surface area contributed by atoms with Gasteiger partial charge in [0, 0.05) is 24.1 Å². The summed E-state index contributed by atoms with van der Waals surface area (Å²) in [4.78, 5) is 28.2. The number of H-pyrrole nitrogens is 1. The zero-order valence-corrected chi connectivity index (χ0v) is 14.0. The van der Waals surface area contributed by atoms with Crippen LogP contribution in [0.25, 0.3) is 11.6 Å². The lowest BCUT2D eigenvalue weighted by Gasteiger charge is -2.24. The zero-order valence-electron chi connectivity index (χ0n) is 13.1. The van der Waals surface area contributed by atoms with Crippen molar-refractivity contribution in [2.75, 3.05) is 11.9 Å². The molecule has 1 unspecified atom stereocenters.